The number of hydrogen-bond acceptors (Lipinski definition) is 1. The Morgan fingerprint density at radius 2 is 2.00 bits per heavy atom. The summed E-state index contributed by atoms with van der Waals surface area (Å²) < 4.78 is 12.4. The number of amides is 2. The lowest BCUT2D eigenvalue weighted by molar-refractivity contribution is 0.252. The molecule has 0 unspecified atom stereocenters. The van der Waals surface area contributed by atoms with Crippen molar-refractivity contribution in [3.8, 4) is 0 Å². The summed E-state index contributed by atoms with van der Waals surface area (Å²) in [6, 6.07) is 5.31. The highest BCUT2D eigenvalue weighted by atomic mass is 19.1. The number of hydrogen-bond donors (Lipinski definition) is 2. The lowest BCUT2D eigenvalue weighted by Crippen LogP contribution is -2.28. The summed E-state index contributed by atoms with van der Waals surface area (Å²) in [5.41, 5.74) is 0.576. The molecule has 3 nitrogen and oxygen atoms in total. The van der Waals surface area contributed by atoms with Crippen molar-refractivity contribution in [1.82, 2.24) is 5.32 Å². The van der Waals surface area contributed by atoms with E-state index >= 15 is 0 Å². The second-order valence-electron chi connectivity index (χ2n) is 2.49. The van der Waals surface area contributed by atoms with Gasteiger partial charge in [0.05, 0.1) is 0 Å². The molecular weight excluding hydrogens is 171 g/mol. The van der Waals surface area contributed by atoms with Gasteiger partial charge in [-0.3, -0.25) is 0 Å². The summed E-state index contributed by atoms with van der Waals surface area (Å²) in [7, 11) is 0. The third-order valence-corrected chi connectivity index (χ3v) is 1.44. The van der Waals surface area contributed by atoms with Crippen LogP contribution in [0, 0.1) is 5.82 Å². The van der Waals surface area contributed by atoms with Gasteiger partial charge in [0.2, 0.25) is 0 Å². The van der Waals surface area contributed by atoms with Crippen LogP contribution in [0.2, 0.25) is 0 Å². The Morgan fingerprint density at radius 3 is 2.54 bits per heavy atom. The maximum atomic E-state index is 12.4. The van der Waals surface area contributed by atoms with Crippen molar-refractivity contribution >= 4 is 11.7 Å². The normalized spacial score (nSPS) is 9.38. The van der Waals surface area contributed by atoms with Crippen LogP contribution in [0.1, 0.15) is 6.92 Å². The molecule has 2 N–H and O–H groups in total. The average Bonchev–Trinajstić information content (AvgIpc) is 2.09. The van der Waals surface area contributed by atoms with Crippen LogP contribution in [0.15, 0.2) is 24.3 Å². The summed E-state index contributed by atoms with van der Waals surface area (Å²) in [5.74, 6) is -0.318. The van der Waals surface area contributed by atoms with Gasteiger partial charge in [-0.25, -0.2) is 9.18 Å². The smallest absolute Gasteiger partial charge is 0.319 e. The van der Waals surface area contributed by atoms with Gasteiger partial charge in [-0.2, -0.15) is 0 Å². The molecule has 0 saturated carbocycles. The number of nitrogens with one attached hydrogen (secondary N) is 2. The molecule has 1 aromatic rings. The lowest BCUT2D eigenvalue weighted by atomic mass is 10.3. The van der Waals surface area contributed by atoms with Crippen LogP contribution >= 0.6 is 0 Å². The van der Waals surface area contributed by atoms with Crippen molar-refractivity contribution < 1.29 is 9.18 Å². The van der Waals surface area contributed by atoms with Gasteiger partial charge in [-0.15, -0.1) is 0 Å². The zero-order valence-electron chi connectivity index (χ0n) is 7.30. The van der Waals surface area contributed by atoms with Crippen LogP contribution in [0.25, 0.3) is 0 Å². The molecule has 0 spiro atoms. The first-order chi connectivity index (χ1) is 6.22. The molecule has 70 valence electrons. The van der Waals surface area contributed by atoms with Gasteiger partial charge in [0.25, 0.3) is 0 Å². The molecule has 1 aromatic carbocycles. The van der Waals surface area contributed by atoms with Crippen molar-refractivity contribution in [1.29, 1.82) is 0 Å². The topological polar surface area (TPSA) is 41.1 Å². The summed E-state index contributed by atoms with van der Waals surface area (Å²) in [6.45, 7) is 2.39. The highest BCUT2D eigenvalue weighted by molar-refractivity contribution is 5.89. The Hall–Kier alpha value is -1.58. The van der Waals surface area contributed by atoms with E-state index in [0.29, 0.717) is 12.2 Å². The number of anilines is 1. The number of urea groups is 1. The summed E-state index contributed by atoms with van der Waals surface area (Å²) in [5, 5.41) is 5.12. The van der Waals surface area contributed by atoms with Gasteiger partial charge in [-0.1, -0.05) is 0 Å². The lowest BCUT2D eigenvalue weighted by Gasteiger charge is -2.04. The van der Waals surface area contributed by atoms with Crippen LogP contribution in [0.4, 0.5) is 14.9 Å². The molecule has 4 heteroatoms. The average molecular weight is 182 g/mol. The van der Waals surface area contributed by atoms with E-state index in [2.05, 4.69) is 10.6 Å². The minimum atomic E-state index is -0.318. The summed E-state index contributed by atoms with van der Waals surface area (Å²) >= 11 is 0. The van der Waals surface area contributed by atoms with Gasteiger partial charge < -0.3 is 10.6 Å². The molecule has 1 rings (SSSR count). The van der Waals surface area contributed by atoms with Gasteiger partial charge in [0, 0.05) is 12.2 Å². The van der Waals surface area contributed by atoms with E-state index in [1.54, 1.807) is 0 Å². The van der Waals surface area contributed by atoms with E-state index in [4.69, 9.17) is 0 Å². The van der Waals surface area contributed by atoms with Crippen molar-refractivity contribution in [2.24, 2.45) is 0 Å². The van der Waals surface area contributed by atoms with Gasteiger partial charge in [-0.05, 0) is 31.2 Å². The summed E-state index contributed by atoms with van der Waals surface area (Å²) in [4.78, 5) is 11.0. The fourth-order valence-corrected chi connectivity index (χ4v) is 0.869. The molecule has 0 aliphatic carbocycles. The van der Waals surface area contributed by atoms with Crippen molar-refractivity contribution in [3.05, 3.63) is 30.1 Å². The van der Waals surface area contributed by atoms with Crippen molar-refractivity contribution in [2.45, 2.75) is 6.92 Å². The van der Waals surface area contributed by atoms with E-state index in [-0.39, 0.29) is 11.8 Å². The van der Waals surface area contributed by atoms with E-state index in [1.807, 2.05) is 6.92 Å². The zero-order chi connectivity index (χ0) is 9.68. The predicted octanol–water partition coefficient (Wildman–Crippen LogP) is 1.97. The highest BCUT2D eigenvalue weighted by Crippen LogP contribution is 2.07. The first-order valence-corrected chi connectivity index (χ1v) is 4.03. The largest absolute Gasteiger partial charge is 0.338 e. The van der Waals surface area contributed by atoms with E-state index in [1.165, 1.54) is 24.3 Å². The van der Waals surface area contributed by atoms with E-state index < -0.39 is 0 Å². The maximum Gasteiger partial charge on any atom is 0.319 e. The van der Waals surface area contributed by atoms with E-state index in [9.17, 15) is 9.18 Å². The number of rotatable bonds is 2. The molecular formula is C9H11FN2O. The zero-order valence-corrected chi connectivity index (χ0v) is 7.30. The Bertz CT molecular complexity index is 284. The van der Waals surface area contributed by atoms with Gasteiger partial charge in [0.15, 0.2) is 0 Å². The van der Waals surface area contributed by atoms with E-state index in [0.717, 1.165) is 0 Å². The molecule has 0 aromatic heterocycles. The van der Waals surface area contributed by atoms with Crippen LogP contribution in [0.3, 0.4) is 0 Å². The molecule has 0 saturated heterocycles. The molecule has 0 bridgehead atoms. The second kappa shape index (κ2) is 4.45. The van der Waals surface area contributed by atoms with Crippen LogP contribution in [0.5, 0.6) is 0 Å². The van der Waals surface area contributed by atoms with Crippen molar-refractivity contribution in [2.75, 3.05) is 11.9 Å². The first-order valence-electron chi connectivity index (χ1n) is 4.03. The third-order valence-electron chi connectivity index (χ3n) is 1.44. The van der Waals surface area contributed by atoms with Gasteiger partial charge >= 0.3 is 6.03 Å². The number of benzene rings is 1. The molecule has 0 aliphatic rings. The Labute approximate surface area is 76.0 Å². The number of carbonyl (C=O) groups is 1. The molecule has 0 radical (unpaired) electrons. The first kappa shape index (κ1) is 9.51. The summed E-state index contributed by atoms with van der Waals surface area (Å²) in [6.07, 6.45) is 0. The minimum absolute atomic E-state index is 0.283. The molecule has 0 atom stereocenters. The quantitative estimate of drug-likeness (QED) is 0.721. The Kier molecular flexibility index (Phi) is 3.25. The monoisotopic (exact) mass is 182 g/mol. The Morgan fingerprint density at radius 1 is 1.38 bits per heavy atom. The highest BCUT2D eigenvalue weighted by Gasteiger charge is 1.98. The van der Waals surface area contributed by atoms with Crippen LogP contribution in [-0.4, -0.2) is 12.6 Å². The van der Waals surface area contributed by atoms with Crippen LogP contribution < -0.4 is 10.6 Å². The predicted molar refractivity (Wildman–Crippen MR) is 49.1 cm³/mol. The molecule has 0 heterocycles. The number of carbonyl (C=O) groups excluding carboxylic acids is 1. The number of halogens is 1. The fourth-order valence-electron chi connectivity index (χ4n) is 0.869. The second-order valence-corrected chi connectivity index (χ2v) is 2.49. The Balaban J connectivity index is 2.54. The fraction of sp³-hybridized carbons (Fsp3) is 0.222. The molecule has 13 heavy (non-hydrogen) atoms. The standard InChI is InChI=1S/C9H11FN2O/c1-2-11-9(13)12-8-5-3-7(10)4-6-8/h3-6H,2H2,1H3,(H2,11,12,13). The van der Waals surface area contributed by atoms with Crippen molar-refractivity contribution in [3.63, 3.8) is 0 Å². The SMILES string of the molecule is CCNC(=O)Nc1ccc(F)cc1. The third kappa shape index (κ3) is 3.11. The van der Waals surface area contributed by atoms with Crippen LogP contribution in [-0.2, 0) is 0 Å². The minimum Gasteiger partial charge on any atom is -0.338 e. The van der Waals surface area contributed by atoms with Gasteiger partial charge in [0.1, 0.15) is 5.82 Å². The molecule has 2 amide bonds. The molecule has 0 fully saturated rings. The maximum absolute atomic E-state index is 12.4. The molecule has 0 aliphatic heterocycles.